The van der Waals surface area contributed by atoms with E-state index in [1.54, 1.807) is 0 Å². The molecule has 4 heteroatoms. The third kappa shape index (κ3) is 2.81. The van der Waals surface area contributed by atoms with Gasteiger partial charge in [-0.05, 0) is 63.3 Å². The van der Waals surface area contributed by atoms with E-state index in [1.807, 2.05) is 18.2 Å². The Kier molecular flexibility index (Phi) is 3.72. The summed E-state index contributed by atoms with van der Waals surface area (Å²) in [5.74, 6) is 0.0237. The highest BCUT2D eigenvalue weighted by Crippen LogP contribution is 2.23. The molecule has 0 spiro atoms. The van der Waals surface area contributed by atoms with Gasteiger partial charge >= 0.3 is 0 Å². The lowest BCUT2D eigenvalue weighted by molar-refractivity contribution is 0.0926. The van der Waals surface area contributed by atoms with Crippen LogP contribution in [-0.2, 0) is 0 Å². The quantitative estimate of drug-likeness (QED) is 0.794. The summed E-state index contributed by atoms with van der Waals surface area (Å²) < 4.78 is 0. The molecule has 4 nitrogen and oxygen atoms in total. The molecule has 0 radical (unpaired) electrons. The van der Waals surface area contributed by atoms with E-state index in [9.17, 15) is 4.79 Å². The van der Waals surface area contributed by atoms with Crippen molar-refractivity contribution >= 4 is 16.8 Å². The summed E-state index contributed by atoms with van der Waals surface area (Å²) in [5.41, 5.74) is 10.1. The molecule has 1 heterocycles. The van der Waals surface area contributed by atoms with Gasteiger partial charge in [0, 0.05) is 34.2 Å². The summed E-state index contributed by atoms with van der Waals surface area (Å²) in [6, 6.07) is 6.43. The summed E-state index contributed by atoms with van der Waals surface area (Å²) in [4.78, 5) is 15.7. The molecule has 1 aromatic heterocycles. The molecular weight excluding hydrogens is 262 g/mol. The maximum Gasteiger partial charge on any atom is 0.251 e. The average molecular weight is 285 g/mol. The Bertz CT molecular complexity index is 666. The van der Waals surface area contributed by atoms with Gasteiger partial charge in [-0.3, -0.25) is 4.79 Å². The zero-order chi connectivity index (χ0) is 15.0. The molecule has 1 aliphatic carbocycles. The van der Waals surface area contributed by atoms with E-state index < -0.39 is 0 Å². The molecule has 1 fully saturated rings. The average Bonchev–Trinajstić information content (AvgIpc) is 2.76. The molecule has 3 rings (SSSR count). The van der Waals surface area contributed by atoms with E-state index >= 15 is 0 Å². The van der Waals surface area contributed by atoms with Crippen molar-refractivity contribution in [2.75, 3.05) is 0 Å². The number of aromatic amines is 1. The number of nitrogens with two attached hydrogens (primary N) is 1. The van der Waals surface area contributed by atoms with E-state index in [-0.39, 0.29) is 11.9 Å². The van der Waals surface area contributed by atoms with Crippen LogP contribution in [0.15, 0.2) is 18.2 Å². The lowest BCUT2D eigenvalue weighted by Crippen LogP contribution is -2.40. The predicted molar refractivity (Wildman–Crippen MR) is 85.5 cm³/mol. The molecule has 2 aromatic rings. The van der Waals surface area contributed by atoms with E-state index in [4.69, 9.17) is 5.73 Å². The Morgan fingerprint density at radius 3 is 2.67 bits per heavy atom. The second-order valence-electron chi connectivity index (χ2n) is 6.22. The van der Waals surface area contributed by atoms with Crippen molar-refractivity contribution in [1.82, 2.24) is 10.3 Å². The third-order valence-corrected chi connectivity index (χ3v) is 4.68. The van der Waals surface area contributed by atoms with Crippen LogP contribution in [0.3, 0.4) is 0 Å². The summed E-state index contributed by atoms with van der Waals surface area (Å²) >= 11 is 0. The van der Waals surface area contributed by atoms with Crippen LogP contribution in [0.2, 0.25) is 0 Å². The molecule has 0 bridgehead atoms. The van der Waals surface area contributed by atoms with Crippen LogP contribution in [0.5, 0.6) is 0 Å². The monoisotopic (exact) mass is 285 g/mol. The van der Waals surface area contributed by atoms with Gasteiger partial charge in [-0.25, -0.2) is 0 Å². The van der Waals surface area contributed by atoms with Gasteiger partial charge in [0.2, 0.25) is 0 Å². The number of fused-ring (bicyclic) bond motifs is 1. The SMILES string of the molecule is Cc1[nH]c2ccc(C(=O)NC3CCC(N)CC3)cc2c1C. The van der Waals surface area contributed by atoms with E-state index in [0.717, 1.165) is 47.8 Å². The van der Waals surface area contributed by atoms with Gasteiger partial charge in [-0.15, -0.1) is 0 Å². The molecule has 1 aliphatic rings. The second-order valence-corrected chi connectivity index (χ2v) is 6.22. The number of hydrogen-bond acceptors (Lipinski definition) is 2. The Hall–Kier alpha value is -1.81. The maximum absolute atomic E-state index is 12.4. The number of aryl methyl sites for hydroxylation is 2. The molecule has 1 aromatic carbocycles. The first-order chi connectivity index (χ1) is 10.0. The highest BCUT2D eigenvalue weighted by molar-refractivity contribution is 5.99. The fraction of sp³-hybridized carbons (Fsp3) is 0.471. The molecule has 112 valence electrons. The number of aromatic nitrogens is 1. The fourth-order valence-electron chi connectivity index (χ4n) is 3.13. The van der Waals surface area contributed by atoms with Gasteiger partial charge in [0.25, 0.3) is 5.91 Å². The lowest BCUT2D eigenvalue weighted by Gasteiger charge is -2.26. The second kappa shape index (κ2) is 5.53. The normalized spacial score (nSPS) is 22.4. The standard InChI is InChI=1S/C17H23N3O/c1-10-11(2)19-16-8-3-12(9-15(10)16)17(21)20-14-6-4-13(18)5-7-14/h3,8-9,13-14,19H,4-7,18H2,1-2H3,(H,20,21). The van der Waals surface area contributed by atoms with Crippen molar-refractivity contribution in [3.8, 4) is 0 Å². The van der Waals surface area contributed by atoms with Gasteiger partial charge < -0.3 is 16.0 Å². The summed E-state index contributed by atoms with van der Waals surface area (Å²) in [6.45, 7) is 4.14. The van der Waals surface area contributed by atoms with Gasteiger partial charge in [0.05, 0.1) is 0 Å². The number of hydrogen-bond donors (Lipinski definition) is 3. The van der Waals surface area contributed by atoms with Gasteiger partial charge in [-0.1, -0.05) is 0 Å². The first-order valence-corrected chi connectivity index (χ1v) is 7.70. The predicted octanol–water partition coefficient (Wildman–Crippen LogP) is 2.78. The van der Waals surface area contributed by atoms with Crippen LogP contribution in [0, 0.1) is 13.8 Å². The number of carbonyl (C=O) groups excluding carboxylic acids is 1. The number of rotatable bonds is 2. The Morgan fingerprint density at radius 2 is 1.95 bits per heavy atom. The van der Waals surface area contributed by atoms with Crippen LogP contribution in [0.1, 0.15) is 47.3 Å². The molecule has 1 saturated carbocycles. The van der Waals surface area contributed by atoms with E-state index in [1.165, 1.54) is 5.56 Å². The number of H-pyrrole nitrogens is 1. The van der Waals surface area contributed by atoms with Crippen LogP contribution in [0.4, 0.5) is 0 Å². The van der Waals surface area contributed by atoms with Crippen LogP contribution in [-0.4, -0.2) is 23.0 Å². The van der Waals surface area contributed by atoms with Crippen molar-refractivity contribution in [1.29, 1.82) is 0 Å². The first-order valence-electron chi connectivity index (χ1n) is 7.70. The Balaban J connectivity index is 1.76. The third-order valence-electron chi connectivity index (χ3n) is 4.68. The molecule has 4 N–H and O–H groups in total. The van der Waals surface area contributed by atoms with Gasteiger partial charge in [0.1, 0.15) is 0 Å². The fourth-order valence-corrected chi connectivity index (χ4v) is 3.13. The van der Waals surface area contributed by atoms with Crippen LogP contribution >= 0.6 is 0 Å². The molecule has 0 unspecified atom stereocenters. The highest BCUT2D eigenvalue weighted by atomic mass is 16.1. The smallest absolute Gasteiger partial charge is 0.251 e. The number of nitrogens with one attached hydrogen (secondary N) is 2. The molecule has 0 aliphatic heterocycles. The largest absolute Gasteiger partial charge is 0.358 e. The number of carbonyl (C=O) groups is 1. The molecule has 0 saturated heterocycles. The first kappa shape index (κ1) is 14.1. The zero-order valence-electron chi connectivity index (χ0n) is 12.7. The minimum Gasteiger partial charge on any atom is -0.358 e. The highest BCUT2D eigenvalue weighted by Gasteiger charge is 2.20. The molecule has 0 atom stereocenters. The van der Waals surface area contributed by atoms with Crippen molar-refractivity contribution < 1.29 is 4.79 Å². The van der Waals surface area contributed by atoms with E-state index in [2.05, 4.69) is 24.1 Å². The lowest BCUT2D eigenvalue weighted by atomic mass is 9.91. The molecule has 1 amide bonds. The molecule has 21 heavy (non-hydrogen) atoms. The van der Waals surface area contributed by atoms with Gasteiger partial charge in [0.15, 0.2) is 0 Å². The number of benzene rings is 1. The maximum atomic E-state index is 12.4. The Labute approximate surface area is 125 Å². The summed E-state index contributed by atoms with van der Waals surface area (Å²) in [7, 11) is 0. The Morgan fingerprint density at radius 1 is 1.24 bits per heavy atom. The topological polar surface area (TPSA) is 70.9 Å². The minimum atomic E-state index is 0.0237. The van der Waals surface area contributed by atoms with E-state index in [0.29, 0.717) is 6.04 Å². The van der Waals surface area contributed by atoms with Crippen LogP contribution < -0.4 is 11.1 Å². The minimum absolute atomic E-state index is 0.0237. The summed E-state index contributed by atoms with van der Waals surface area (Å²) in [6.07, 6.45) is 3.97. The van der Waals surface area contributed by atoms with Crippen LogP contribution in [0.25, 0.3) is 10.9 Å². The zero-order valence-corrected chi connectivity index (χ0v) is 12.7. The number of amides is 1. The van der Waals surface area contributed by atoms with Gasteiger partial charge in [-0.2, -0.15) is 0 Å². The summed E-state index contributed by atoms with van der Waals surface area (Å²) in [5, 5.41) is 4.27. The molecular formula is C17H23N3O. The van der Waals surface area contributed by atoms with Crippen molar-refractivity contribution in [2.24, 2.45) is 5.73 Å². The van der Waals surface area contributed by atoms with Crippen molar-refractivity contribution in [3.63, 3.8) is 0 Å². The van der Waals surface area contributed by atoms with Crippen molar-refractivity contribution in [3.05, 3.63) is 35.0 Å². The van der Waals surface area contributed by atoms with Crippen molar-refractivity contribution in [2.45, 2.75) is 51.6 Å².